The number of likely N-dealkylation sites (N-methyl/N-ethyl adjacent to an activating group) is 1. The smallest absolute Gasteiger partial charge is 0.242 e. The largest absolute Gasteiger partial charge is 0.391 e. The summed E-state index contributed by atoms with van der Waals surface area (Å²) < 4.78 is 2.45. The molecule has 7 N–H and O–H groups in total. The molecule has 0 saturated carbocycles. The summed E-state index contributed by atoms with van der Waals surface area (Å²) in [6, 6.07) is -1.63. The Morgan fingerprint density at radius 3 is 2.39 bits per heavy atom. The average molecular weight is 349 g/mol. The summed E-state index contributed by atoms with van der Waals surface area (Å²) in [6.07, 6.45) is 0.863. The number of hydrogen-bond donors (Lipinski definition) is 7. The van der Waals surface area contributed by atoms with E-state index in [-0.39, 0.29) is 12.5 Å². The van der Waals surface area contributed by atoms with E-state index in [1.54, 1.807) is 7.05 Å². The van der Waals surface area contributed by atoms with Gasteiger partial charge in [-0.1, -0.05) is 12.8 Å². The van der Waals surface area contributed by atoms with E-state index in [2.05, 4.69) is 33.5 Å². The number of hydrogen-bond acceptors (Lipinski definition) is 7. The van der Waals surface area contributed by atoms with Crippen molar-refractivity contribution in [2.75, 3.05) is 20.1 Å². The number of unbranched alkanes of at least 4 members (excludes halogenated alkanes) is 1. The van der Waals surface area contributed by atoms with E-state index >= 15 is 0 Å². The van der Waals surface area contributed by atoms with E-state index in [9.17, 15) is 19.5 Å². The average Bonchev–Trinajstić information content (AvgIpc) is 2.47. The molecule has 3 unspecified atom stereocenters. The summed E-state index contributed by atoms with van der Waals surface area (Å²) in [5.74, 6) is -1.34. The standard InChI is InChI=1S/C13H27N5O4S/c1-8(19)11(12(14)21)18-13(22)9(15-2)5-3-4-6-16-10(20)7-17-23/h8-9,11,15,17,19,23H,3-7H2,1-2H3,(H2,14,21)(H,16,20)(H,18,22). The molecule has 0 bridgehead atoms. The van der Waals surface area contributed by atoms with Crippen LogP contribution in [0.5, 0.6) is 0 Å². The molecule has 23 heavy (non-hydrogen) atoms. The highest BCUT2D eigenvalue weighted by atomic mass is 32.1. The molecule has 0 radical (unpaired) electrons. The molecule has 0 aliphatic heterocycles. The van der Waals surface area contributed by atoms with Crippen LogP contribution in [0.3, 0.4) is 0 Å². The maximum atomic E-state index is 12.1. The van der Waals surface area contributed by atoms with Crippen LogP contribution in [0.1, 0.15) is 26.2 Å². The van der Waals surface area contributed by atoms with Crippen LogP contribution in [0.15, 0.2) is 0 Å². The number of primary amides is 1. The second-order valence-corrected chi connectivity index (χ2v) is 5.47. The fourth-order valence-electron chi connectivity index (χ4n) is 1.93. The van der Waals surface area contributed by atoms with Crippen LogP contribution in [-0.2, 0) is 14.4 Å². The Morgan fingerprint density at radius 2 is 1.91 bits per heavy atom. The molecule has 0 aromatic carbocycles. The summed E-state index contributed by atoms with van der Waals surface area (Å²) in [6.45, 7) is 2.02. The first-order valence-corrected chi connectivity index (χ1v) is 7.86. The van der Waals surface area contributed by atoms with Crippen molar-refractivity contribution in [2.45, 2.75) is 44.4 Å². The van der Waals surface area contributed by atoms with Crippen LogP contribution in [0.25, 0.3) is 0 Å². The molecule has 0 heterocycles. The Bertz CT molecular complexity index is 395. The Hall–Kier alpha value is -1.36. The first-order valence-electron chi connectivity index (χ1n) is 7.42. The van der Waals surface area contributed by atoms with Crippen LogP contribution in [0.4, 0.5) is 0 Å². The lowest BCUT2D eigenvalue weighted by Crippen LogP contribution is -2.55. The van der Waals surface area contributed by atoms with Crippen molar-refractivity contribution < 1.29 is 19.5 Å². The quantitative estimate of drug-likeness (QED) is 0.155. The predicted molar refractivity (Wildman–Crippen MR) is 89.5 cm³/mol. The molecule has 3 amide bonds. The third kappa shape index (κ3) is 9.39. The normalized spacial score (nSPS) is 14.6. The monoisotopic (exact) mass is 349 g/mol. The zero-order valence-corrected chi connectivity index (χ0v) is 14.4. The summed E-state index contributed by atoms with van der Waals surface area (Å²) >= 11 is 3.73. The first-order chi connectivity index (χ1) is 10.8. The summed E-state index contributed by atoms with van der Waals surface area (Å²) in [7, 11) is 1.63. The van der Waals surface area contributed by atoms with Crippen molar-refractivity contribution in [3.8, 4) is 0 Å². The fraction of sp³-hybridized carbons (Fsp3) is 0.769. The number of carbonyl (C=O) groups is 3. The lowest BCUT2D eigenvalue weighted by atomic mass is 10.1. The highest BCUT2D eigenvalue weighted by molar-refractivity contribution is 7.78. The number of thiol groups is 1. The maximum Gasteiger partial charge on any atom is 0.242 e. The molecule has 3 atom stereocenters. The maximum absolute atomic E-state index is 12.1. The third-order valence-corrected chi connectivity index (χ3v) is 3.39. The lowest BCUT2D eigenvalue weighted by molar-refractivity contribution is -0.130. The van der Waals surface area contributed by atoms with Gasteiger partial charge in [0.05, 0.1) is 18.7 Å². The second kappa shape index (κ2) is 12.1. The van der Waals surface area contributed by atoms with Crippen LogP contribution in [-0.4, -0.2) is 61.2 Å². The second-order valence-electron chi connectivity index (χ2n) is 5.15. The van der Waals surface area contributed by atoms with E-state index in [1.807, 2.05) is 0 Å². The van der Waals surface area contributed by atoms with Crippen LogP contribution in [0.2, 0.25) is 0 Å². The zero-order chi connectivity index (χ0) is 17.8. The molecule has 0 aromatic rings. The SMILES string of the molecule is CNC(CCCCNC(=O)CNS)C(=O)NC(C(N)=O)C(C)O. The van der Waals surface area contributed by atoms with Crippen molar-refractivity contribution >= 4 is 30.5 Å². The Labute approximate surface area is 141 Å². The summed E-state index contributed by atoms with van der Waals surface area (Å²) in [5, 5.41) is 17.4. The minimum absolute atomic E-state index is 0.137. The molecule has 0 saturated heterocycles. The topological polar surface area (TPSA) is 146 Å². The van der Waals surface area contributed by atoms with Gasteiger partial charge in [0.25, 0.3) is 0 Å². The van der Waals surface area contributed by atoms with E-state index in [4.69, 9.17) is 5.73 Å². The van der Waals surface area contributed by atoms with Crippen LogP contribution in [0, 0.1) is 0 Å². The number of nitrogens with one attached hydrogen (secondary N) is 4. The first kappa shape index (κ1) is 21.6. The van der Waals surface area contributed by atoms with E-state index < -0.39 is 30.0 Å². The minimum Gasteiger partial charge on any atom is -0.391 e. The van der Waals surface area contributed by atoms with Crippen LogP contribution >= 0.6 is 12.8 Å². The Morgan fingerprint density at radius 1 is 1.26 bits per heavy atom. The number of carbonyl (C=O) groups excluding carboxylic acids is 3. The van der Waals surface area contributed by atoms with Crippen molar-refractivity contribution in [1.82, 2.24) is 20.7 Å². The number of amides is 3. The van der Waals surface area contributed by atoms with Crippen molar-refractivity contribution in [2.24, 2.45) is 5.73 Å². The predicted octanol–water partition coefficient (Wildman–Crippen LogP) is -2.35. The molecular weight excluding hydrogens is 322 g/mol. The van der Waals surface area contributed by atoms with Crippen molar-refractivity contribution in [3.05, 3.63) is 0 Å². The molecule has 0 rings (SSSR count). The molecule has 134 valence electrons. The van der Waals surface area contributed by atoms with Crippen molar-refractivity contribution in [1.29, 1.82) is 0 Å². The number of aliphatic hydroxyl groups excluding tert-OH is 1. The number of aliphatic hydroxyl groups is 1. The molecule has 0 aliphatic rings. The van der Waals surface area contributed by atoms with Crippen LogP contribution < -0.4 is 26.4 Å². The van der Waals surface area contributed by atoms with Gasteiger partial charge in [0.15, 0.2) is 0 Å². The molecule has 0 spiro atoms. The van der Waals surface area contributed by atoms with Gasteiger partial charge in [-0.05, 0) is 33.2 Å². The minimum atomic E-state index is -1.12. The van der Waals surface area contributed by atoms with E-state index in [1.165, 1.54) is 6.92 Å². The van der Waals surface area contributed by atoms with Gasteiger partial charge in [0, 0.05) is 6.54 Å². The highest BCUT2D eigenvalue weighted by Gasteiger charge is 2.26. The van der Waals surface area contributed by atoms with Gasteiger partial charge < -0.3 is 26.8 Å². The molecule has 0 fully saturated rings. The molecular formula is C13H27N5O4S. The van der Waals surface area contributed by atoms with Gasteiger partial charge in [-0.15, -0.1) is 0 Å². The third-order valence-electron chi connectivity index (χ3n) is 3.23. The molecule has 0 aliphatic carbocycles. The molecule has 0 aromatic heterocycles. The Balaban J connectivity index is 4.16. The van der Waals surface area contributed by atoms with E-state index in [0.29, 0.717) is 25.8 Å². The van der Waals surface area contributed by atoms with Gasteiger partial charge in [0.2, 0.25) is 17.7 Å². The van der Waals surface area contributed by atoms with Gasteiger partial charge in [0.1, 0.15) is 6.04 Å². The zero-order valence-electron chi connectivity index (χ0n) is 13.5. The fourth-order valence-corrected chi connectivity index (χ4v) is 2.07. The highest BCUT2D eigenvalue weighted by Crippen LogP contribution is 2.02. The van der Waals surface area contributed by atoms with Crippen molar-refractivity contribution in [3.63, 3.8) is 0 Å². The number of rotatable bonds is 12. The number of nitrogens with two attached hydrogens (primary N) is 1. The summed E-state index contributed by atoms with van der Waals surface area (Å²) in [5.41, 5.74) is 5.14. The van der Waals surface area contributed by atoms with Gasteiger partial charge in [-0.2, -0.15) is 0 Å². The Kier molecular flexibility index (Phi) is 11.4. The van der Waals surface area contributed by atoms with Gasteiger partial charge >= 0.3 is 0 Å². The van der Waals surface area contributed by atoms with Gasteiger partial charge in [-0.3, -0.25) is 19.1 Å². The summed E-state index contributed by atoms with van der Waals surface area (Å²) in [4.78, 5) is 34.4. The van der Waals surface area contributed by atoms with Gasteiger partial charge in [-0.25, -0.2) is 0 Å². The molecule has 9 nitrogen and oxygen atoms in total. The molecule has 10 heteroatoms. The lowest BCUT2D eigenvalue weighted by Gasteiger charge is -2.22. The van der Waals surface area contributed by atoms with E-state index in [0.717, 1.165) is 0 Å².